The Labute approximate surface area is 139 Å². The third-order valence-electron chi connectivity index (χ3n) is 3.90. The van der Waals surface area contributed by atoms with Gasteiger partial charge in [0.25, 0.3) is 0 Å². The van der Waals surface area contributed by atoms with Crippen LogP contribution in [0.5, 0.6) is 5.75 Å². The van der Waals surface area contributed by atoms with Crippen molar-refractivity contribution in [3.05, 3.63) is 40.4 Å². The Morgan fingerprint density at radius 3 is 3.09 bits per heavy atom. The number of carbonyl (C=O) groups excluding carboxylic acids is 1. The number of thiazole rings is 1. The minimum Gasteiger partial charge on any atom is -0.496 e. The zero-order valence-electron chi connectivity index (χ0n) is 13.3. The van der Waals surface area contributed by atoms with E-state index in [0.717, 1.165) is 28.3 Å². The zero-order valence-corrected chi connectivity index (χ0v) is 14.1. The summed E-state index contributed by atoms with van der Waals surface area (Å²) in [4.78, 5) is 17.9. The van der Waals surface area contributed by atoms with Crippen LogP contribution in [0, 0.1) is 0 Å². The molecule has 1 N–H and O–H groups in total. The number of methoxy groups -OCH3 is 1. The highest BCUT2D eigenvalue weighted by molar-refractivity contribution is 7.15. The lowest BCUT2D eigenvalue weighted by molar-refractivity contribution is -0.116. The molecule has 1 aliphatic rings. The summed E-state index contributed by atoms with van der Waals surface area (Å²) in [5.74, 6) is 0.856. The van der Waals surface area contributed by atoms with Crippen LogP contribution in [0.2, 0.25) is 0 Å². The van der Waals surface area contributed by atoms with Gasteiger partial charge in [0, 0.05) is 12.8 Å². The van der Waals surface area contributed by atoms with Crippen molar-refractivity contribution in [2.75, 3.05) is 19.0 Å². The predicted molar refractivity (Wildman–Crippen MR) is 90.1 cm³/mol. The molecule has 1 aromatic heterocycles. The van der Waals surface area contributed by atoms with Gasteiger partial charge in [-0.05, 0) is 17.5 Å². The number of hydrogen-bond acceptors (Lipinski definition) is 5. The predicted octanol–water partition coefficient (Wildman–Crippen LogP) is 3.36. The fourth-order valence-corrected chi connectivity index (χ4v) is 3.67. The van der Waals surface area contributed by atoms with E-state index in [2.05, 4.69) is 10.3 Å². The maximum Gasteiger partial charge on any atom is 0.226 e. The fourth-order valence-electron chi connectivity index (χ4n) is 2.71. The molecule has 122 valence electrons. The van der Waals surface area contributed by atoms with Gasteiger partial charge in [-0.3, -0.25) is 4.79 Å². The van der Waals surface area contributed by atoms with Crippen molar-refractivity contribution in [1.82, 2.24) is 4.98 Å². The van der Waals surface area contributed by atoms with E-state index in [-0.39, 0.29) is 11.8 Å². The van der Waals surface area contributed by atoms with Gasteiger partial charge in [0.15, 0.2) is 5.13 Å². The van der Waals surface area contributed by atoms with Crippen LogP contribution in [-0.4, -0.2) is 24.6 Å². The molecule has 2 aromatic rings. The molecule has 0 saturated carbocycles. The lowest BCUT2D eigenvalue weighted by Gasteiger charge is -2.14. The summed E-state index contributed by atoms with van der Waals surface area (Å²) in [6.07, 6.45) is 1.21. The Kier molecular flexibility index (Phi) is 4.93. The standard InChI is InChI=1S/C17H20N2O3S/c1-11(12-5-3-4-6-14(12)21-2)9-16(20)19-17-18-13-7-8-22-10-15(13)23-17/h3-6,11H,7-10H2,1-2H3,(H,18,19,20). The highest BCUT2D eigenvalue weighted by Gasteiger charge is 2.19. The normalized spacial score (nSPS) is 14.9. The van der Waals surface area contributed by atoms with E-state index in [9.17, 15) is 4.79 Å². The maximum atomic E-state index is 12.3. The number of anilines is 1. The Morgan fingerprint density at radius 2 is 2.30 bits per heavy atom. The van der Waals surface area contributed by atoms with Crippen molar-refractivity contribution in [3.8, 4) is 5.75 Å². The van der Waals surface area contributed by atoms with E-state index < -0.39 is 0 Å². The van der Waals surface area contributed by atoms with Crippen molar-refractivity contribution >= 4 is 22.4 Å². The Morgan fingerprint density at radius 1 is 1.48 bits per heavy atom. The van der Waals surface area contributed by atoms with Gasteiger partial charge in [0.05, 0.1) is 30.9 Å². The molecule has 1 aromatic carbocycles. The minimum atomic E-state index is -0.0320. The van der Waals surface area contributed by atoms with E-state index in [1.165, 1.54) is 11.3 Å². The number of rotatable bonds is 5. The average Bonchev–Trinajstić information content (AvgIpc) is 2.96. The number of hydrogen-bond donors (Lipinski definition) is 1. The van der Waals surface area contributed by atoms with Gasteiger partial charge in [-0.1, -0.05) is 36.5 Å². The molecule has 0 bridgehead atoms. The van der Waals surface area contributed by atoms with Crippen molar-refractivity contribution in [2.24, 2.45) is 0 Å². The van der Waals surface area contributed by atoms with Crippen LogP contribution in [0.3, 0.4) is 0 Å². The van der Waals surface area contributed by atoms with Gasteiger partial charge in [-0.25, -0.2) is 4.98 Å². The number of benzene rings is 1. The number of ether oxygens (including phenoxy) is 2. The molecule has 3 rings (SSSR count). The fraction of sp³-hybridized carbons (Fsp3) is 0.412. The average molecular weight is 332 g/mol. The van der Waals surface area contributed by atoms with Crippen LogP contribution in [0.1, 0.15) is 35.4 Å². The minimum absolute atomic E-state index is 0.0320. The highest BCUT2D eigenvalue weighted by atomic mass is 32.1. The molecule has 1 aliphatic heterocycles. The number of nitrogens with zero attached hydrogens (tertiary/aromatic N) is 1. The van der Waals surface area contributed by atoms with Gasteiger partial charge in [-0.2, -0.15) is 0 Å². The number of amides is 1. The van der Waals surface area contributed by atoms with E-state index in [4.69, 9.17) is 9.47 Å². The molecule has 5 nitrogen and oxygen atoms in total. The molecular weight excluding hydrogens is 312 g/mol. The van der Waals surface area contributed by atoms with Crippen LogP contribution in [0.4, 0.5) is 5.13 Å². The van der Waals surface area contributed by atoms with E-state index >= 15 is 0 Å². The van der Waals surface area contributed by atoms with E-state index in [1.807, 2.05) is 31.2 Å². The third-order valence-corrected chi connectivity index (χ3v) is 4.89. The second-order valence-electron chi connectivity index (χ2n) is 5.59. The van der Waals surface area contributed by atoms with Gasteiger partial charge in [0.2, 0.25) is 5.91 Å². The number of nitrogens with one attached hydrogen (secondary N) is 1. The van der Waals surface area contributed by atoms with Crippen LogP contribution in [0.15, 0.2) is 24.3 Å². The Balaban J connectivity index is 1.63. The van der Waals surface area contributed by atoms with E-state index in [0.29, 0.717) is 24.8 Å². The van der Waals surface area contributed by atoms with Gasteiger partial charge in [0.1, 0.15) is 5.75 Å². The molecule has 1 unspecified atom stereocenters. The first kappa shape index (κ1) is 16.0. The Bertz CT molecular complexity index is 675. The first-order valence-corrected chi connectivity index (χ1v) is 8.48. The van der Waals surface area contributed by atoms with Crippen LogP contribution < -0.4 is 10.1 Å². The first-order chi connectivity index (χ1) is 11.2. The number of aromatic nitrogens is 1. The zero-order chi connectivity index (χ0) is 16.2. The van der Waals surface area contributed by atoms with Gasteiger partial charge in [-0.15, -0.1) is 0 Å². The van der Waals surface area contributed by atoms with Crippen LogP contribution >= 0.6 is 11.3 Å². The molecule has 0 aliphatic carbocycles. The highest BCUT2D eigenvalue weighted by Crippen LogP contribution is 2.30. The number of carbonyl (C=O) groups is 1. The quantitative estimate of drug-likeness (QED) is 0.912. The molecule has 0 fully saturated rings. The molecular formula is C17H20N2O3S. The topological polar surface area (TPSA) is 60.5 Å². The summed E-state index contributed by atoms with van der Waals surface area (Å²) in [6, 6.07) is 7.80. The summed E-state index contributed by atoms with van der Waals surface area (Å²) in [5, 5.41) is 3.57. The summed E-state index contributed by atoms with van der Waals surface area (Å²) < 4.78 is 10.8. The lowest BCUT2D eigenvalue weighted by atomic mass is 9.96. The molecule has 1 atom stereocenters. The SMILES string of the molecule is COc1ccccc1C(C)CC(=O)Nc1nc2c(s1)COCC2. The summed E-state index contributed by atoms with van der Waals surface area (Å²) in [6.45, 7) is 3.33. The second kappa shape index (κ2) is 7.10. The van der Waals surface area contributed by atoms with Crippen molar-refractivity contribution < 1.29 is 14.3 Å². The molecule has 0 saturated heterocycles. The van der Waals surface area contributed by atoms with Gasteiger partial charge >= 0.3 is 0 Å². The van der Waals surface area contributed by atoms with Crippen LogP contribution in [0.25, 0.3) is 0 Å². The second-order valence-corrected chi connectivity index (χ2v) is 6.67. The van der Waals surface area contributed by atoms with Crippen molar-refractivity contribution in [2.45, 2.75) is 32.3 Å². The molecule has 2 heterocycles. The first-order valence-electron chi connectivity index (χ1n) is 7.66. The molecule has 1 amide bonds. The lowest BCUT2D eigenvalue weighted by Crippen LogP contribution is -2.14. The Hall–Kier alpha value is -1.92. The van der Waals surface area contributed by atoms with Gasteiger partial charge < -0.3 is 14.8 Å². The summed E-state index contributed by atoms with van der Waals surface area (Å²) in [5.41, 5.74) is 2.09. The van der Waals surface area contributed by atoms with E-state index in [1.54, 1.807) is 7.11 Å². The smallest absolute Gasteiger partial charge is 0.226 e. The molecule has 23 heavy (non-hydrogen) atoms. The number of para-hydroxylation sites is 1. The molecule has 0 radical (unpaired) electrons. The van der Waals surface area contributed by atoms with Crippen molar-refractivity contribution in [3.63, 3.8) is 0 Å². The monoisotopic (exact) mass is 332 g/mol. The van der Waals surface area contributed by atoms with Crippen LogP contribution in [-0.2, 0) is 22.6 Å². The third kappa shape index (κ3) is 3.71. The molecule has 6 heteroatoms. The van der Waals surface area contributed by atoms with Crippen molar-refractivity contribution in [1.29, 1.82) is 0 Å². The number of fused-ring (bicyclic) bond motifs is 1. The largest absolute Gasteiger partial charge is 0.496 e. The summed E-state index contributed by atoms with van der Waals surface area (Å²) >= 11 is 1.50. The molecule has 0 spiro atoms. The summed E-state index contributed by atoms with van der Waals surface area (Å²) in [7, 11) is 1.65. The maximum absolute atomic E-state index is 12.3.